The first-order chi connectivity index (χ1) is 23.4. The topological polar surface area (TPSA) is 137 Å². The summed E-state index contributed by atoms with van der Waals surface area (Å²) in [6.45, 7) is 6.95. The quantitative estimate of drug-likeness (QED) is 0.0947. The van der Waals surface area contributed by atoms with Crippen LogP contribution in [0.3, 0.4) is 0 Å². The molecular weight excluding hydrogens is 624 g/mol. The van der Waals surface area contributed by atoms with Gasteiger partial charge in [0, 0.05) is 22.5 Å². The van der Waals surface area contributed by atoms with Crippen molar-refractivity contribution in [2.45, 2.75) is 33.3 Å². The van der Waals surface area contributed by atoms with E-state index < -0.39 is 17.6 Å². The number of hydrogen-bond acceptors (Lipinski definition) is 7. The summed E-state index contributed by atoms with van der Waals surface area (Å²) in [5, 5.41) is 8.52. The number of anilines is 2. The normalized spacial score (nSPS) is 11.4. The predicted molar refractivity (Wildman–Crippen MR) is 192 cm³/mol. The third-order valence-electron chi connectivity index (χ3n) is 6.94. The van der Waals surface area contributed by atoms with Gasteiger partial charge in [-0.2, -0.15) is 0 Å². The van der Waals surface area contributed by atoms with Crippen molar-refractivity contribution in [3.63, 3.8) is 0 Å². The van der Waals surface area contributed by atoms with E-state index in [2.05, 4.69) is 20.9 Å². The van der Waals surface area contributed by atoms with Gasteiger partial charge in [0.1, 0.15) is 5.60 Å². The van der Waals surface area contributed by atoms with Crippen LogP contribution >= 0.6 is 0 Å². The Kier molecular flexibility index (Phi) is 11.8. The number of aliphatic imine (C=N–C) groups is 1. The monoisotopic (exact) mass is 664 g/mol. The van der Waals surface area contributed by atoms with Gasteiger partial charge in [-0.1, -0.05) is 60.7 Å². The number of nitrogens with one attached hydrogen (secondary N) is 3. The van der Waals surface area contributed by atoms with Crippen LogP contribution < -0.4 is 30.2 Å². The largest absolute Gasteiger partial charge is 0.493 e. The number of guanidine groups is 1. The highest BCUT2D eigenvalue weighted by molar-refractivity contribution is 6.13. The van der Waals surface area contributed by atoms with Gasteiger partial charge in [0.15, 0.2) is 11.5 Å². The van der Waals surface area contributed by atoms with Crippen molar-refractivity contribution in [3.8, 4) is 17.2 Å². The van der Waals surface area contributed by atoms with Crippen LogP contribution in [0.4, 0.5) is 16.2 Å². The number of methoxy groups -OCH3 is 3. The molecule has 3 amide bonds. The second-order valence-corrected chi connectivity index (χ2v) is 11.8. The van der Waals surface area contributed by atoms with Crippen LogP contribution in [0.5, 0.6) is 17.2 Å². The molecule has 0 aliphatic rings. The van der Waals surface area contributed by atoms with Gasteiger partial charge >= 0.3 is 6.09 Å². The van der Waals surface area contributed by atoms with Crippen molar-refractivity contribution in [2.75, 3.05) is 32.0 Å². The van der Waals surface area contributed by atoms with Crippen molar-refractivity contribution in [3.05, 3.63) is 113 Å². The molecule has 0 bridgehead atoms. The van der Waals surface area contributed by atoms with E-state index in [4.69, 9.17) is 18.9 Å². The Hall–Kier alpha value is -6.10. The lowest BCUT2D eigenvalue weighted by molar-refractivity contribution is 0.0603. The number of carbonyl (C=O) groups excluding carboxylic acids is 3. The highest BCUT2D eigenvalue weighted by atomic mass is 16.6. The summed E-state index contributed by atoms with van der Waals surface area (Å²) in [4.78, 5) is 43.3. The zero-order valence-electron chi connectivity index (χ0n) is 28.5. The molecule has 0 aliphatic carbocycles. The van der Waals surface area contributed by atoms with Crippen LogP contribution in [0.15, 0.2) is 89.9 Å². The summed E-state index contributed by atoms with van der Waals surface area (Å²) in [6.07, 6.45) is 3.06. The van der Waals surface area contributed by atoms with Gasteiger partial charge in [-0.25, -0.2) is 4.79 Å². The van der Waals surface area contributed by atoms with Crippen LogP contribution in [0, 0.1) is 6.92 Å². The molecule has 4 rings (SSSR count). The lowest BCUT2D eigenvalue weighted by atomic mass is 10.1. The molecule has 0 aliphatic heterocycles. The Morgan fingerprint density at radius 1 is 0.694 bits per heavy atom. The Morgan fingerprint density at radius 3 is 1.88 bits per heavy atom. The molecule has 254 valence electrons. The molecule has 11 heteroatoms. The van der Waals surface area contributed by atoms with Gasteiger partial charge in [0.25, 0.3) is 11.8 Å². The minimum absolute atomic E-state index is 0.145. The number of amides is 3. The van der Waals surface area contributed by atoms with Crippen LogP contribution in [-0.2, 0) is 4.74 Å². The average Bonchev–Trinajstić information content (AvgIpc) is 3.07. The fourth-order valence-electron chi connectivity index (χ4n) is 4.52. The Balaban J connectivity index is 1.55. The van der Waals surface area contributed by atoms with Crippen LogP contribution in [0.25, 0.3) is 12.2 Å². The number of ether oxygens (including phenoxy) is 4. The summed E-state index contributed by atoms with van der Waals surface area (Å²) in [6, 6.07) is 25.3. The summed E-state index contributed by atoms with van der Waals surface area (Å²) < 4.78 is 21.4. The maximum absolute atomic E-state index is 13.4. The first-order valence-electron chi connectivity index (χ1n) is 15.3. The Labute approximate surface area is 286 Å². The molecule has 3 N–H and O–H groups in total. The molecule has 0 heterocycles. The number of hydrogen-bond donors (Lipinski definition) is 3. The molecule has 11 nitrogen and oxygen atoms in total. The molecule has 0 saturated heterocycles. The van der Waals surface area contributed by atoms with Gasteiger partial charge in [0.05, 0.1) is 21.3 Å². The number of aryl methyl sites for hydroxylation is 1. The van der Waals surface area contributed by atoms with Gasteiger partial charge in [-0.15, -0.1) is 4.99 Å². The SMILES string of the molecule is COc1cc(C(=O)NC(=NC(=O)OC(C)(C)C)Nc2ccc(C)c(NC(=O)c3ccc(C=Cc4ccccc4)cc3)c2)cc(OC)c1OC. The van der Waals surface area contributed by atoms with E-state index in [-0.39, 0.29) is 28.9 Å². The molecule has 0 spiro atoms. The molecule has 0 aromatic heterocycles. The number of benzene rings is 4. The van der Waals surface area contributed by atoms with Gasteiger partial charge in [-0.05, 0) is 80.8 Å². The number of rotatable bonds is 9. The molecule has 0 fully saturated rings. The van der Waals surface area contributed by atoms with E-state index in [1.807, 2.05) is 61.5 Å². The lowest BCUT2D eigenvalue weighted by Gasteiger charge is -2.19. The molecule has 0 atom stereocenters. The van der Waals surface area contributed by atoms with E-state index in [9.17, 15) is 14.4 Å². The predicted octanol–water partition coefficient (Wildman–Crippen LogP) is 7.58. The molecule has 0 saturated carbocycles. The zero-order chi connectivity index (χ0) is 35.6. The standard InChI is InChI=1S/C38H40N4O7/c1-24-13-20-29(23-30(24)40-34(43)27-18-16-26(17-19-27)15-14-25-11-9-8-10-12-25)39-36(42-37(45)49-38(2,3)4)41-35(44)28-21-31(46-5)33(48-7)32(22-28)47-6/h8-23H,1-7H3,(H,40,43)(H2,39,41,42,44,45). The van der Waals surface area contributed by atoms with E-state index in [0.29, 0.717) is 22.7 Å². The Morgan fingerprint density at radius 2 is 1.31 bits per heavy atom. The van der Waals surface area contributed by atoms with Crippen molar-refractivity contribution < 1.29 is 33.3 Å². The maximum Gasteiger partial charge on any atom is 0.437 e. The van der Waals surface area contributed by atoms with Crippen LogP contribution in [0.1, 0.15) is 58.2 Å². The van der Waals surface area contributed by atoms with E-state index in [1.54, 1.807) is 51.1 Å². The molecule has 0 radical (unpaired) electrons. The van der Waals surface area contributed by atoms with Crippen molar-refractivity contribution in [1.29, 1.82) is 0 Å². The van der Waals surface area contributed by atoms with E-state index in [1.165, 1.54) is 33.5 Å². The van der Waals surface area contributed by atoms with E-state index >= 15 is 0 Å². The highest BCUT2D eigenvalue weighted by Crippen LogP contribution is 2.38. The van der Waals surface area contributed by atoms with Gasteiger partial charge in [0.2, 0.25) is 11.7 Å². The smallest absolute Gasteiger partial charge is 0.437 e. The fraction of sp³-hybridized carbons (Fsp3) is 0.211. The second-order valence-electron chi connectivity index (χ2n) is 11.8. The van der Waals surface area contributed by atoms with Gasteiger partial charge < -0.3 is 29.6 Å². The zero-order valence-corrected chi connectivity index (χ0v) is 28.5. The van der Waals surface area contributed by atoms with Crippen LogP contribution in [-0.4, -0.2) is 50.8 Å². The molecule has 4 aromatic carbocycles. The summed E-state index contributed by atoms with van der Waals surface area (Å²) in [5.74, 6) is -0.305. The van der Waals surface area contributed by atoms with Crippen molar-refractivity contribution in [1.82, 2.24) is 5.32 Å². The average molecular weight is 665 g/mol. The molecular formula is C38H40N4O7. The minimum atomic E-state index is -0.928. The van der Waals surface area contributed by atoms with E-state index in [0.717, 1.165) is 16.7 Å². The highest BCUT2D eigenvalue weighted by Gasteiger charge is 2.21. The lowest BCUT2D eigenvalue weighted by Crippen LogP contribution is -2.37. The first kappa shape index (κ1) is 35.7. The number of nitrogens with zero attached hydrogens (tertiary/aromatic N) is 1. The first-order valence-corrected chi connectivity index (χ1v) is 15.3. The van der Waals surface area contributed by atoms with Crippen LogP contribution in [0.2, 0.25) is 0 Å². The third kappa shape index (κ3) is 10.2. The number of carbonyl (C=O) groups is 3. The Bertz CT molecular complexity index is 1840. The summed E-state index contributed by atoms with van der Waals surface area (Å²) in [7, 11) is 4.32. The van der Waals surface area contributed by atoms with Crippen molar-refractivity contribution in [2.24, 2.45) is 4.99 Å². The van der Waals surface area contributed by atoms with Gasteiger partial charge in [-0.3, -0.25) is 14.9 Å². The third-order valence-corrected chi connectivity index (χ3v) is 6.94. The van der Waals surface area contributed by atoms with Crippen molar-refractivity contribution >= 4 is 47.4 Å². The molecule has 49 heavy (non-hydrogen) atoms. The summed E-state index contributed by atoms with van der Waals surface area (Å²) >= 11 is 0. The summed E-state index contributed by atoms with van der Waals surface area (Å²) in [5.41, 5.74) is 3.54. The second kappa shape index (κ2) is 16.1. The fourth-order valence-corrected chi connectivity index (χ4v) is 4.52. The molecule has 0 unspecified atom stereocenters. The minimum Gasteiger partial charge on any atom is -0.493 e. The maximum atomic E-state index is 13.4. The molecule has 4 aromatic rings.